The smallest absolute Gasteiger partial charge is 0.354 e. The second-order valence-electron chi connectivity index (χ2n) is 4.13. The first-order chi connectivity index (χ1) is 8.79. The molecule has 0 aromatic heterocycles. The number of esters is 1. The van der Waals surface area contributed by atoms with Crippen molar-refractivity contribution in [1.82, 2.24) is 5.32 Å². The third-order valence-electron chi connectivity index (χ3n) is 2.49. The van der Waals surface area contributed by atoms with Crippen LogP contribution >= 0.6 is 0 Å². The first-order valence-electron chi connectivity index (χ1n) is 6.46. The van der Waals surface area contributed by atoms with E-state index in [-0.39, 0.29) is 5.70 Å². The van der Waals surface area contributed by atoms with Gasteiger partial charge >= 0.3 is 5.97 Å². The molecular weight excluding hydrogens is 234 g/mol. The molecule has 2 rings (SSSR count). The van der Waals surface area contributed by atoms with Gasteiger partial charge in [-0.05, 0) is 25.3 Å². The van der Waals surface area contributed by atoms with E-state index in [1.165, 1.54) is 19.3 Å². The van der Waals surface area contributed by atoms with Gasteiger partial charge in [0.15, 0.2) is 0 Å². The van der Waals surface area contributed by atoms with Crippen LogP contribution in [0.15, 0.2) is 11.3 Å². The quantitative estimate of drug-likeness (QED) is 0.470. The van der Waals surface area contributed by atoms with E-state index in [9.17, 15) is 9.59 Å². The lowest BCUT2D eigenvalue weighted by Gasteiger charge is -2.18. The fourth-order valence-electron chi connectivity index (χ4n) is 1.44. The van der Waals surface area contributed by atoms with Crippen LogP contribution in [0.2, 0.25) is 0 Å². The monoisotopic (exact) mass is 255 g/mol. The Morgan fingerprint density at radius 1 is 1.33 bits per heavy atom. The Morgan fingerprint density at radius 2 is 1.94 bits per heavy atom. The molecule has 1 saturated heterocycles. The summed E-state index contributed by atoms with van der Waals surface area (Å²) in [5.74, 6) is -0.471. The van der Waals surface area contributed by atoms with Gasteiger partial charge in [-0.25, -0.2) is 4.79 Å². The van der Waals surface area contributed by atoms with Crippen molar-refractivity contribution in [2.45, 2.75) is 39.0 Å². The fourth-order valence-corrected chi connectivity index (χ4v) is 1.44. The third kappa shape index (κ3) is 5.82. The highest BCUT2D eigenvalue weighted by Gasteiger charge is 2.18. The summed E-state index contributed by atoms with van der Waals surface area (Å²) in [6.07, 6.45) is 6.32. The van der Waals surface area contributed by atoms with E-state index in [4.69, 9.17) is 9.47 Å². The Labute approximate surface area is 108 Å². The van der Waals surface area contributed by atoms with Crippen LogP contribution in [0.1, 0.15) is 39.0 Å². The zero-order chi connectivity index (χ0) is 13.2. The van der Waals surface area contributed by atoms with E-state index in [1.807, 2.05) is 0 Å². The molecule has 1 aliphatic heterocycles. The van der Waals surface area contributed by atoms with Gasteiger partial charge in [0, 0.05) is 0 Å². The van der Waals surface area contributed by atoms with Crippen molar-refractivity contribution in [3.8, 4) is 0 Å². The van der Waals surface area contributed by atoms with Crippen molar-refractivity contribution in [3.63, 3.8) is 0 Å². The van der Waals surface area contributed by atoms with Crippen molar-refractivity contribution < 1.29 is 19.1 Å². The molecule has 0 unspecified atom stereocenters. The molecule has 0 spiro atoms. The lowest BCUT2D eigenvalue weighted by molar-refractivity contribution is -0.139. The van der Waals surface area contributed by atoms with Crippen LogP contribution in [0.25, 0.3) is 0 Å². The molecule has 102 valence electrons. The minimum atomic E-state index is -0.471. The number of carbonyl (C=O) groups is 2. The molecule has 0 radical (unpaired) electrons. The van der Waals surface area contributed by atoms with Crippen LogP contribution in [0.4, 0.5) is 0 Å². The summed E-state index contributed by atoms with van der Waals surface area (Å²) in [5.41, 5.74) is 1.17. The Bertz CT molecular complexity index is 299. The van der Waals surface area contributed by atoms with Crippen LogP contribution < -0.4 is 5.32 Å². The molecule has 5 heteroatoms. The second kappa shape index (κ2) is 8.69. The zero-order valence-electron chi connectivity index (χ0n) is 10.9. The molecule has 1 aliphatic carbocycles. The summed E-state index contributed by atoms with van der Waals surface area (Å²) in [7, 11) is 0. The van der Waals surface area contributed by atoms with E-state index in [2.05, 4.69) is 5.32 Å². The summed E-state index contributed by atoms with van der Waals surface area (Å²) < 4.78 is 10.0. The standard InChI is InChI=1S/C10H15NO4.C3H6/c1-2-15-10(13)9(11-7-12)8-3-5-14-6-4-8;1-2-3-1/h7H,2-6H2,1H3,(H,11,12);1-3H2. The molecule has 18 heavy (non-hydrogen) atoms. The first kappa shape index (κ1) is 14.7. The van der Waals surface area contributed by atoms with E-state index < -0.39 is 5.97 Å². The largest absolute Gasteiger partial charge is 0.461 e. The number of hydrogen-bond donors (Lipinski definition) is 1. The average molecular weight is 255 g/mol. The molecule has 5 nitrogen and oxygen atoms in total. The van der Waals surface area contributed by atoms with Gasteiger partial charge in [0.1, 0.15) is 5.70 Å². The highest BCUT2D eigenvalue weighted by molar-refractivity contribution is 5.91. The Hall–Kier alpha value is -1.36. The van der Waals surface area contributed by atoms with Crippen molar-refractivity contribution >= 4 is 12.4 Å². The first-order valence-corrected chi connectivity index (χ1v) is 6.46. The van der Waals surface area contributed by atoms with Gasteiger partial charge in [-0.2, -0.15) is 0 Å². The van der Waals surface area contributed by atoms with E-state index >= 15 is 0 Å². The predicted molar refractivity (Wildman–Crippen MR) is 66.8 cm³/mol. The topological polar surface area (TPSA) is 64.6 Å². The molecule has 0 aromatic carbocycles. The number of carbonyl (C=O) groups excluding carboxylic acids is 2. The molecule has 1 heterocycles. The highest BCUT2D eigenvalue weighted by Crippen LogP contribution is 2.17. The van der Waals surface area contributed by atoms with Gasteiger partial charge in [-0.15, -0.1) is 0 Å². The van der Waals surface area contributed by atoms with Crippen LogP contribution in [-0.4, -0.2) is 32.2 Å². The van der Waals surface area contributed by atoms with Crippen LogP contribution in [0.5, 0.6) is 0 Å². The minimum Gasteiger partial charge on any atom is -0.461 e. The summed E-state index contributed by atoms with van der Waals surface area (Å²) in [6, 6.07) is 0. The Balaban J connectivity index is 0.000000468. The van der Waals surface area contributed by atoms with Crippen LogP contribution in [0, 0.1) is 0 Å². The SMILES string of the molecule is C1CC1.CCOC(=O)C(NC=O)=C1CCOCC1. The van der Waals surface area contributed by atoms with Gasteiger partial charge in [0.2, 0.25) is 6.41 Å². The van der Waals surface area contributed by atoms with Crippen molar-refractivity contribution in [3.05, 3.63) is 11.3 Å². The molecule has 1 N–H and O–H groups in total. The van der Waals surface area contributed by atoms with Crippen LogP contribution in [0.3, 0.4) is 0 Å². The van der Waals surface area contributed by atoms with E-state index in [0.29, 0.717) is 39.1 Å². The molecular formula is C13H21NO4. The normalized spacial score (nSPS) is 17.1. The number of rotatable bonds is 4. The lowest BCUT2D eigenvalue weighted by atomic mass is 10.1. The second-order valence-corrected chi connectivity index (χ2v) is 4.13. The molecule has 1 saturated carbocycles. The summed E-state index contributed by atoms with van der Waals surface area (Å²) in [4.78, 5) is 21.9. The maximum absolute atomic E-state index is 11.5. The Morgan fingerprint density at radius 3 is 2.39 bits per heavy atom. The molecule has 1 amide bonds. The molecule has 0 atom stereocenters. The lowest BCUT2D eigenvalue weighted by Crippen LogP contribution is -2.25. The average Bonchev–Trinajstić information content (AvgIpc) is 3.25. The van der Waals surface area contributed by atoms with Gasteiger partial charge in [-0.1, -0.05) is 19.3 Å². The van der Waals surface area contributed by atoms with Crippen molar-refractivity contribution in [1.29, 1.82) is 0 Å². The third-order valence-corrected chi connectivity index (χ3v) is 2.49. The Kier molecular flexibility index (Phi) is 7.10. The summed E-state index contributed by atoms with van der Waals surface area (Å²) >= 11 is 0. The number of nitrogens with one attached hydrogen (secondary N) is 1. The highest BCUT2D eigenvalue weighted by atomic mass is 16.5. The summed E-state index contributed by atoms with van der Waals surface area (Å²) in [6.45, 7) is 3.19. The number of amides is 1. The van der Waals surface area contributed by atoms with Gasteiger partial charge < -0.3 is 14.8 Å². The fraction of sp³-hybridized carbons (Fsp3) is 0.692. The number of ether oxygens (including phenoxy) is 2. The van der Waals surface area contributed by atoms with Gasteiger partial charge in [0.05, 0.1) is 19.8 Å². The van der Waals surface area contributed by atoms with Gasteiger partial charge in [-0.3, -0.25) is 4.79 Å². The van der Waals surface area contributed by atoms with Crippen LogP contribution in [-0.2, 0) is 19.1 Å². The maximum Gasteiger partial charge on any atom is 0.354 e. The summed E-state index contributed by atoms with van der Waals surface area (Å²) in [5, 5.41) is 2.41. The molecule has 2 fully saturated rings. The molecule has 0 aromatic rings. The van der Waals surface area contributed by atoms with Crippen molar-refractivity contribution in [2.24, 2.45) is 0 Å². The predicted octanol–water partition coefficient (Wildman–Crippen LogP) is 1.53. The zero-order valence-corrected chi connectivity index (χ0v) is 10.9. The minimum absolute atomic E-state index is 0.273. The van der Waals surface area contributed by atoms with E-state index in [1.54, 1.807) is 6.92 Å². The number of hydrogen-bond acceptors (Lipinski definition) is 4. The van der Waals surface area contributed by atoms with E-state index in [0.717, 1.165) is 5.57 Å². The van der Waals surface area contributed by atoms with Gasteiger partial charge in [0.25, 0.3) is 0 Å². The maximum atomic E-state index is 11.5. The molecule has 2 aliphatic rings. The molecule has 0 bridgehead atoms. The van der Waals surface area contributed by atoms with Crippen molar-refractivity contribution in [2.75, 3.05) is 19.8 Å².